The Bertz CT molecular complexity index is 953. The monoisotopic (exact) mass is 416 g/mol. The molecule has 0 unspecified atom stereocenters. The molecule has 2 heterocycles. The summed E-state index contributed by atoms with van der Waals surface area (Å²) in [6, 6.07) is 14.1. The van der Waals surface area contributed by atoms with E-state index >= 15 is 0 Å². The number of hydrogen-bond donors (Lipinski definition) is 2. The van der Waals surface area contributed by atoms with Gasteiger partial charge in [-0.25, -0.2) is 9.78 Å². The molecule has 0 amide bonds. The zero-order valence-corrected chi connectivity index (χ0v) is 16.7. The van der Waals surface area contributed by atoms with Gasteiger partial charge in [0.15, 0.2) is 0 Å². The minimum atomic E-state index is -3.94. The van der Waals surface area contributed by atoms with Crippen LogP contribution < -0.4 is 10.5 Å². The number of nitrogens with one attached hydrogen (secondary N) is 1. The predicted octanol–water partition coefficient (Wildman–Crippen LogP) is 1.69. The molecule has 1 aromatic heterocycles. The van der Waals surface area contributed by atoms with Crippen molar-refractivity contribution in [1.29, 1.82) is 0 Å². The number of allylic oxidation sites excluding steroid dienone is 1. The zero-order valence-electron chi connectivity index (χ0n) is 15.9. The van der Waals surface area contributed by atoms with Gasteiger partial charge in [0.25, 0.3) is 0 Å². The smallest absolute Gasteiger partial charge is 0.328 e. The predicted molar refractivity (Wildman–Crippen MR) is 110 cm³/mol. The number of benzene rings is 1. The molecule has 2 aromatic rings. The first kappa shape index (κ1) is 21.0. The standard InChI is InChI=1S/C20H24N4O4S/c1-2-8-17-13-24(29(26,27)23-18-11-6-7-12-22-18)15-20(17,21)19(25)28-14-16-9-4-3-5-10-16/h2-7,9-12,17H,1,8,13-15,21H2,(H,22,23)/t17-,20-/m0/s1. The van der Waals surface area contributed by atoms with Crippen LogP contribution in [0.3, 0.4) is 0 Å². The fourth-order valence-electron chi connectivity index (χ4n) is 3.27. The number of anilines is 1. The van der Waals surface area contributed by atoms with Crippen molar-refractivity contribution in [3.8, 4) is 0 Å². The van der Waals surface area contributed by atoms with Crippen LogP contribution in [0.2, 0.25) is 0 Å². The van der Waals surface area contributed by atoms with E-state index in [1.807, 2.05) is 30.3 Å². The SMILES string of the molecule is C=CC[C@H]1CN(S(=O)(=O)Nc2ccccn2)C[C@@]1(N)C(=O)OCc1ccccc1. The molecule has 0 aliphatic carbocycles. The second-order valence-corrected chi connectivity index (χ2v) is 8.61. The van der Waals surface area contributed by atoms with Gasteiger partial charge in [-0.1, -0.05) is 42.5 Å². The van der Waals surface area contributed by atoms with Crippen molar-refractivity contribution in [3.63, 3.8) is 0 Å². The molecule has 0 radical (unpaired) electrons. The Morgan fingerprint density at radius 1 is 1.31 bits per heavy atom. The van der Waals surface area contributed by atoms with Crippen LogP contribution in [0.1, 0.15) is 12.0 Å². The van der Waals surface area contributed by atoms with Gasteiger partial charge in [-0.3, -0.25) is 4.72 Å². The Hall–Kier alpha value is -2.75. The van der Waals surface area contributed by atoms with E-state index in [4.69, 9.17) is 10.5 Å². The van der Waals surface area contributed by atoms with Crippen LogP contribution in [0.25, 0.3) is 0 Å². The average molecular weight is 417 g/mol. The highest BCUT2D eigenvalue weighted by Crippen LogP contribution is 2.32. The summed E-state index contributed by atoms with van der Waals surface area (Å²) in [5.74, 6) is -0.902. The van der Waals surface area contributed by atoms with Gasteiger partial charge in [-0.15, -0.1) is 6.58 Å². The molecule has 3 N–H and O–H groups in total. The Morgan fingerprint density at radius 2 is 2.03 bits per heavy atom. The summed E-state index contributed by atoms with van der Waals surface area (Å²) in [6.07, 6.45) is 3.49. The highest BCUT2D eigenvalue weighted by Gasteiger charge is 2.53. The minimum Gasteiger partial charge on any atom is -0.459 e. The average Bonchev–Trinajstić information content (AvgIpc) is 3.06. The molecule has 29 heavy (non-hydrogen) atoms. The number of hydrogen-bond acceptors (Lipinski definition) is 6. The van der Waals surface area contributed by atoms with E-state index in [9.17, 15) is 13.2 Å². The van der Waals surface area contributed by atoms with Gasteiger partial charge >= 0.3 is 16.2 Å². The van der Waals surface area contributed by atoms with Gasteiger partial charge in [0, 0.05) is 25.2 Å². The normalized spacial score (nSPS) is 22.2. The summed E-state index contributed by atoms with van der Waals surface area (Å²) < 4.78 is 34.5. The van der Waals surface area contributed by atoms with Crippen molar-refractivity contribution in [1.82, 2.24) is 9.29 Å². The molecule has 1 aliphatic heterocycles. The molecule has 9 heteroatoms. The maximum Gasteiger partial charge on any atom is 0.328 e. The van der Waals surface area contributed by atoms with E-state index in [-0.39, 0.29) is 25.5 Å². The molecule has 1 aliphatic rings. The fourth-order valence-corrected chi connectivity index (χ4v) is 4.55. The van der Waals surface area contributed by atoms with Crippen LogP contribution >= 0.6 is 0 Å². The maximum atomic E-state index is 12.8. The summed E-state index contributed by atoms with van der Waals surface area (Å²) >= 11 is 0. The minimum absolute atomic E-state index is 0.0678. The van der Waals surface area contributed by atoms with Crippen LogP contribution in [0, 0.1) is 5.92 Å². The van der Waals surface area contributed by atoms with Crippen molar-refractivity contribution >= 4 is 22.0 Å². The fraction of sp³-hybridized carbons (Fsp3) is 0.300. The molecule has 1 saturated heterocycles. The summed E-state index contributed by atoms with van der Waals surface area (Å²) in [5.41, 5.74) is 5.76. The summed E-state index contributed by atoms with van der Waals surface area (Å²) in [7, 11) is -3.94. The Morgan fingerprint density at radius 3 is 2.69 bits per heavy atom. The first-order chi connectivity index (χ1) is 13.8. The van der Waals surface area contributed by atoms with E-state index in [1.54, 1.807) is 24.3 Å². The number of pyridine rings is 1. The number of esters is 1. The van der Waals surface area contributed by atoms with Crippen LogP contribution in [-0.2, 0) is 26.3 Å². The van der Waals surface area contributed by atoms with Crippen LogP contribution in [0.5, 0.6) is 0 Å². The first-order valence-electron chi connectivity index (χ1n) is 9.15. The molecule has 8 nitrogen and oxygen atoms in total. The Balaban J connectivity index is 1.74. The van der Waals surface area contributed by atoms with Crippen molar-refractivity contribution in [2.24, 2.45) is 11.7 Å². The van der Waals surface area contributed by atoms with E-state index in [0.29, 0.717) is 6.42 Å². The van der Waals surface area contributed by atoms with Crippen molar-refractivity contribution in [3.05, 3.63) is 72.9 Å². The summed E-state index contributed by atoms with van der Waals surface area (Å²) in [4.78, 5) is 16.8. The highest BCUT2D eigenvalue weighted by molar-refractivity contribution is 7.90. The molecule has 1 aromatic carbocycles. The number of ether oxygens (including phenoxy) is 1. The molecule has 1 fully saturated rings. The molecule has 0 saturated carbocycles. The quantitative estimate of drug-likeness (QED) is 0.500. The van der Waals surface area contributed by atoms with Crippen molar-refractivity contribution in [2.75, 3.05) is 17.8 Å². The van der Waals surface area contributed by atoms with E-state index in [0.717, 1.165) is 9.87 Å². The van der Waals surface area contributed by atoms with Crippen molar-refractivity contribution in [2.45, 2.75) is 18.6 Å². The van der Waals surface area contributed by atoms with Gasteiger partial charge < -0.3 is 10.5 Å². The second kappa shape index (κ2) is 8.73. The molecular formula is C20H24N4O4S. The summed E-state index contributed by atoms with van der Waals surface area (Å²) in [6.45, 7) is 3.65. The van der Waals surface area contributed by atoms with Gasteiger partial charge in [0.2, 0.25) is 0 Å². The third kappa shape index (κ3) is 4.81. The topological polar surface area (TPSA) is 115 Å². The lowest BCUT2D eigenvalue weighted by Gasteiger charge is -2.27. The lowest BCUT2D eigenvalue weighted by Crippen LogP contribution is -2.56. The van der Waals surface area contributed by atoms with Crippen LogP contribution in [0.15, 0.2) is 67.4 Å². The van der Waals surface area contributed by atoms with E-state index in [2.05, 4.69) is 16.3 Å². The highest BCUT2D eigenvalue weighted by atomic mass is 32.2. The lowest BCUT2D eigenvalue weighted by molar-refractivity contribution is -0.152. The van der Waals surface area contributed by atoms with Gasteiger partial charge in [0.1, 0.15) is 18.0 Å². The second-order valence-electron chi connectivity index (χ2n) is 6.94. The maximum absolute atomic E-state index is 12.8. The van der Waals surface area contributed by atoms with Crippen LogP contribution in [0.4, 0.5) is 5.82 Å². The summed E-state index contributed by atoms with van der Waals surface area (Å²) in [5, 5.41) is 0. The van der Waals surface area contributed by atoms with Crippen molar-refractivity contribution < 1.29 is 17.9 Å². The van der Waals surface area contributed by atoms with Gasteiger partial charge in [-0.2, -0.15) is 12.7 Å². The van der Waals surface area contributed by atoms with Crippen LogP contribution in [-0.4, -0.2) is 42.3 Å². The third-order valence-corrected chi connectivity index (χ3v) is 6.30. The zero-order chi connectivity index (χ0) is 20.9. The number of nitrogens with zero attached hydrogens (tertiary/aromatic N) is 2. The number of rotatable bonds is 8. The number of nitrogens with two attached hydrogens (primary N) is 1. The molecule has 2 atom stereocenters. The Labute approximate surface area is 170 Å². The molecule has 0 bridgehead atoms. The number of aromatic nitrogens is 1. The molecule has 0 spiro atoms. The lowest BCUT2D eigenvalue weighted by atomic mass is 9.86. The largest absolute Gasteiger partial charge is 0.459 e. The molecular weight excluding hydrogens is 392 g/mol. The molecule has 3 rings (SSSR count). The molecule has 154 valence electrons. The van der Waals surface area contributed by atoms with E-state index in [1.165, 1.54) is 6.20 Å². The Kier molecular flexibility index (Phi) is 6.31. The first-order valence-corrected chi connectivity index (χ1v) is 10.6. The van der Waals surface area contributed by atoms with Gasteiger partial charge in [0.05, 0.1) is 0 Å². The van der Waals surface area contributed by atoms with E-state index < -0.39 is 27.6 Å². The van der Waals surface area contributed by atoms with Gasteiger partial charge in [-0.05, 0) is 24.1 Å². The third-order valence-electron chi connectivity index (χ3n) is 4.87. The number of carbonyl (C=O) groups is 1. The number of carbonyl (C=O) groups excluding carboxylic acids is 1.